The van der Waals surface area contributed by atoms with Crippen molar-refractivity contribution in [1.82, 2.24) is 4.90 Å². The van der Waals surface area contributed by atoms with Crippen LogP contribution in [0, 0.1) is 12.3 Å². The molecule has 1 saturated carbocycles. The highest BCUT2D eigenvalue weighted by Crippen LogP contribution is 2.37. The molecule has 0 spiro atoms. The molecule has 2 fully saturated rings. The van der Waals surface area contributed by atoms with Gasteiger partial charge in [-0.2, -0.15) is 0 Å². The Kier molecular flexibility index (Phi) is 4.79. The molecule has 0 N–H and O–H groups in total. The zero-order valence-corrected chi connectivity index (χ0v) is 11.1. The normalized spacial score (nSPS) is 23.7. The Balaban J connectivity index is 2.01. The van der Waals surface area contributed by atoms with E-state index in [-0.39, 0.29) is 5.54 Å². The molecule has 2 rings (SSSR count). The van der Waals surface area contributed by atoms with Crippen LogP contribution in [-0.4, -0.2) is 42.5 Å². The molecule has 1 aliphatic heterocycles. The molecule has 0 unspecified atom stereocenters. The third-order valence-corrected chi connectivity index (χ3v) is 4.29. The number of rotatable bonds is 5. The second-order valence-electron chi connectivity index (χ2n) is 5.32. The van der Waals surface area contributed by atoms with Crippen LogP contribution in [0.5, 0.6) is 0 Å². The summed E-state index contributed by atoms with van der Waals surface area (Å²) < 4.78 is 5.40. The molecule has 3 heteroatoms. The number of terminal acetylenes is 1. The molecule has 0 aromatic rings. The molecule has 1 saturated heterocycles. The first kappa shape index (κ1) is 13.6. The van der Waals surface area contributed by atoms with E-state index >= 15 is 0 Å². The zero-order chi connectivity index (χ0) is 12.8. The van der Waals surface area contributed by atoms with E-state index in [2.05, 4.69) is 10.8 Å². The van der Waals surface area contributed by atoms with Crippen LogP contribution in [-0.2, 0) is 9.53 Å². The minimum Gasteiger partial charge on any atom is -0.379 e. The van der Waals surface area contributed by atoms with Gasteiger partial charge in [0.05, 0.1) is 18.8 Å². The number of nitrogens with zero attached hydrogens (tertiary/aromatic N) is 1. The van der Waals surface area contributed by atoms with Crippen LogP contribution < -0.4 is 0 Å². The van der Waals surface area contributed by atoms with Crippen molar-refractivity contribution in [2.75, 3.05) is 26.3 Å². The molecule has 18 heavy (non-hydrogen) atoms. The first-order chi connectivity index (χ1) is 8.79. The summed E-state index contributed by atoms with van der Waals surface area (Å²) in [4.78, 5) is 15.0. The third-order valence-electron chi connectivity index (χ3n) is 4.29. The van der Waals surface area contributed by atoms with Crippen molar-refractivity contribution in [3.63, 3.8) is 0 Å². The molecular formula is C15H23NO2. The molecule has 0 atom stereocenters. The highest BCUT2D eigenvalue weighted by molar-refractivity contribution is 5.88. The number of hydrogen-bond acceptors (Lipinski definition) is 3. The summed E-state index contributed by atoms with van der Waals surface area (Å²) in [6, 6.07) is 0. The molecule has 0 amide bonds. The summed E-state index contributed by atoms with van der Waals surface area (Å²) >= 11 is 0. The van der Waals surface area contributed by atoms with Gasteiger partial charge >= 0.3 is 0 Å². The van der Waals surface area contributed by atoms with Gasteiger partial charge in [-0.1, -0.05) is 12.8 Å². The van der Waals surface area contributed by atoms with E-state index in [0.29, 0.717) is 18.6 Å². The zero-order valence-electron chi connectivity index (χ0n) is 11.1. The summed E-state index contributed by atoms with van der Waals surface area (Å²) in [5, 5.41) is 0. The summed E-state index contributed by atoms with van der Waals surface area (Å²) in [5.41, 5.74) is -0.182. The van der Waals surface area contributed by atoms with Crippen molar-refractivity contribution >= 4 is 5.78 Å². The maximum Gasteiger partial charge on any atom is 0.153 e. The van der Waals surface area contributed by atoms with E-state index in [1.165, 1.54) is 12.8 Å². The van der Waals surface area contributed by atoms with Crippen LogP contribution in [0.3, 0.4) is 0 Å². The Hall–Kier alpha value is -0.850. The van der Waals surface area contributed by atoms with Gasteiger partial charge in [0.1, 0.15) is 0 Å². The molecule has 3 nitrogen and oxygen atoms in total. The monoisotopic (exact) mass is 249 g/mol. The first-order valence-electron chi connectivity index (χ1n) is 7.09. The van der Waals surface area contributed by atoms with Gasteiger partial charge in [0.2, 0.25) is 0 Å². The number of Topliss-reactive ketones (excluding diaryl/α,β-unsaturated/α-hetero) is 1. The Morgan fingerprint density at radius 3 is 2.56 bits per heavy atom. The van der Waals surface area contributed by atoms with Crippen LogP contribution in [0.2, 0.25) is 0 Å². The summed E-state index contributed by atoms with van der Waals surface area (Å²) in [6.45, 7) is 3.33. The van der Waals surface area contributed by atoms with Gasteiger partial charge in [-0.05, 0) is 19.3 Å². The Bertz CT molecular complexity index is 320. The highest BCUT2D eigenvalue weighted by atomic mass is 16.5. The van der Waals surface area contributed by atoms with Gasteiger partial charge in [-0.25, -0.2) is 0 Å². The maximum atomic E-state index is 12.6. The third kappa shape index (κ3) is 2.76. The summed E-state index contributed by atoms with van der Waals surface area (Å²) in [6.07, 6.45) is 11.9. The van der Waals surface area contributed by atoms with Crippen LogP contribution in [0.15, 0.2) is 0 Å². The molecule has 0 radical (unpaired) electrons. The van der Waals surface area contributed by atoms with E-state index in [4.69, 9.17) is 11.2 Å². The van der Waals surface area contributed by atoms with E-state index in [0.717, 1.165) is 45.6 Å². The summed E-state index contributed by atoms with van der Waals surface area (Å²) in [5.74, 6) is 3.03. The number of morpholine rings is 1. The highest BCUT2D eigenvalue weighted by Gasteiger charge is 2.45. The van der Waals surface area contributed by atoms with Crippen molar-refractivity contribution < 1.29 is 9.53 Å². The van der Waals surface area contributed by atoms with Gasteiger partial charge in [0.25, 0.3) is 0 Å². The lowest BCUT2D eigenvalue weighted by atomic mass is 9.86. The fraction of sp³-hybridized carbons (Fsp3) is 0.800. The smallest absolute Gasteiger partial charge is 0.153 e. The average Bonchev–Trinajstić information content (AvgIpc) is 2.90. The van der Waals surface area contributed by atoms with Crippen molar-refractivity contribution in [3.05, 3.63) is 0 Å². The molecular weight excluding hydrogens is 226 g/mol. The van der Waals surface area contributed by atoms with E-state index < -0.39 is 0 Å². The Morgan fingerprint density at radius 2 is 1.94 bits per heavy atom. The topological polar surface area (TPSA) is 29.5 Å². The minimum atomic E-state index is -0.182. The predicted octanol–water partition coefficient (Wildman–Crippen LogP) is 2.00. The van der Waals surface area contributed by atoms with Crippen molar-refractivity contribution in [3.8, 4) is 12.3 Å². The van der Waals surface area contributed by atoms with E-state index in [1.54, 1.807) is 0 Å². The SMILES string of the molecule is C#CCCCC(=O)C1(N2CCOCC2)CCCC1. The van der Waals surface area contributed by atoms with Crippen molar-refractivity contribution in [2.45, 2.75) is 50.5 Å². The number of carbonyl (C=O) groups is 1. The maximum absolute atomic E-state index is 12.6. The van der Waals surface area contributed by atoms with Gasteiger partial charge in [-0.15, -0.1) is 12.3 Å². The Labute approximate surface area is 110 Å². The second-order valence-corrected chi connectivity index (χ2v) is 5.32. The largest absolute Gasteiger partial charge is 0.379 e. The van der Waals surface area contributed by atoms with Gasteiger partial charge in [-0.3, -0.25) is 9.69 Å². The lowest BCUT2D eigenvalue weighted by Gasteiger charge is -2.42. The standard InChI is InChI=1S/C15H23NO2/c1-2-3-4-7-14(17)15(8-5-6-9-15)16-10-12-18-13-11-16/h1H,3-13H2. The van der Waals surface area contributed by atoms with Crippen LogP contribution in [0.25, 0.3) is 0 Å². The molecule has 100 valence electrons. The van der Waals surface area contributed by atoms with E-state index in [1.807, 2.05) is 0 Å². The number of ether oxygens (including phenoxy) is 1. The van der Waals surface area contributed by atoms with Gasteiger partial charge < -0.3 is 4.74 Å². The van der Waals surface area contributed by atoms with Gasteiger partial charge in [0, 0.05) is 25.9 Å². The summed E-state index contributed by atoms with van der Waals surface area (Å²) in [7, 11) is 0. The Morgan fingerprint density at radius 1 is 1.28 bits per heavy atom. The molecule has 1 aliphatic carbocycles. The molecule has 0 aromatic carbocycles. The molecule has 1 heterocycles. The molecule has 0 aromatic heterocycles. The number of carbonyl (C=O) groups excluding carboxylic acids is 1. The fourth-order valence-corrected chi connectivity index (χ4v) is 3.31. The van der Waals surface area contributed by atoms with Gasteiger partial charge in [0.15, 0.2) is 5.78 Å². The van der Waals surface area contributed by atoms with Crippen LogP contribution in [0.1, 0.15) is 44.9 Å². The van der Waals surface area contributed by atoms with Crippen molar-refractivity contribution in [1.29, 1.82) is 0 Å². The molecule has 2 aliphatic rings. The van der Waals surface area contributed by atoms with E-state index in [9.17, 15) is 4.79 Å². The average molecular weight is 249 g/mol. The second kappa shape index (κ2) is 6.36. The number of ketones is 1. The lowest BCUT2D eigenvalue weighted by Crippen LogP contribution is -2.56. The quantitative estimate of drug-likeness (QED) is 0.551. The lowest BCUT2D eigenvalue weighted by molar-refractivity contribution is -0.134. The molecule has 0 bridgehead atoms. The van der Waals surface area contributed by atoms with Crippen molar-refractivity contribution in [2.24, 2.45) is 0 Å². The number of hydrogen-bond donors (Lipinski definition) is 0. The fourth-order valence-electron chi connectivity index (χ4n) is 3.31. The van der Waals surface area contributed by atoms with Crippen LogP contribution >= 0.6 is 0 Å². The van der Waals surface area contributed by atoms with Crippen LogP contribution in [0.4, 0.5) is 0 Å². The first-order valence-corrected chi connectivity index (χ1v) is 7.09. The number of unbranched alkanes of at least 4 members (excludes halogenated alkanes) is 1. The predicted molar refractivity (Wildman–Crippen MR) is 71.3 cm³/mol. The minimum absolute atomic E-state index is 0.182.